The maximum absolute atomic E-state index is 12.7. The van der Waals surface area contributed by atoms with E-state index in [0.29, 0.717) is 4.47 Å². The molecule has 2 aromatic rings. The minimum absolute atomic E-state index is 0.0943. The number of nitrogens with two attached hydrogens (primary N) is 1. The van der Waals surface area contributed by atoms with Gasteiger partial charge in [0.2, 0.25) is 17.4 Å². The summed E-state index contributed by atoms with van der Waals surface area (Å²) >= 11 is 3.21. The highest BCUT2D eigenvalue weighted by Crippen LogP contribution is 2.33. The van der Waals surface area contributed by atoms with Gasteiger partial charge in [0.05, 0.1) is 4.11 Å². The molecule has 130 valence electrons. The molecule has 0 fully saturated rings. The Morgan fingerprint density at radius 1 is 1.24 bits per heavy atom. The number of hydrogen-bond donors (Lipinski definition) is 1. The topological polar surface area (TPSA) is 95.7 Å². The van der Waals surface area contributed by atoms with Crippen LogP contribution in [0.1, 0.15) is 21.3 Å². The summed E-state index contributed by atoms with van der Waals surface area (Å²) in [6, 6.07) is 13.1. The molecule has 1 atom stereocenters. The number of Topliss-reactive ketones (excluding diaryl/α,β-unsaturated/α-hetero) is 1. The zero-order chi connectivity index (χ0) is 20.7. The zero-order valence-corrected chi connectivity index (χ0v) is 15.0. The van der Waals surface area contributed by atoms with Crippen molar-refractivity contribution in [1.29, 1.82) is 0 Å². The van der Waals surface area contributed by atoms with Crippen molar-refractivity contribution in [2.75, 3.05) is 0 Å². The third-order valence-corrected chi connectivity index (χ3v) is 4.51. The van der Waals surface area contributed by atoms with E-state index in [0.717, 1.165) is 0 Å². The van der Waals surface area contributed by atoms with Crippen molar-refractivity contribution in [3.8, 4) is 0 Å². The van der Waals surface area contributed by atoms with E-state index in [9.17, 15) is 13.2 Å². The first-order valence-electron chi connectivity index (χ1n) is 8.48. The molecule has 0 saturated heterocycles. The van der Waals surface area contributed by atoms with Crippen LogP contribution in [0.4, 0.5) is 0 Å². The van der Waals surface area contributed by atoms with Crippen LogP contribution in [0.5, 0.6) is 0 Å². The minimum Gasteiger partial charge on any atom is -0.460 e. The molecule has 0 saturated carbocycles. The number of ether oxygens (including phenoxy) is 1. The van der Waals surface area contributed by atoms with E-state index in [-0.39, 0.29) is 11.1 Å². The van der Waals surface area contributed by atoms with Crippen LogP contribution < -0.4 is 5.73 Å². The van der Waals surface area contributed by atoms with Crippen LogP contribution in [0, 0.1) is 0 Å². The van der Waals surface area contributed by atoms with Crippen molar-refractivity contribution >= 4 is 31.8 Å². The van der Waals surface area contributed by atoms with E-state index in [2.05, 4.69) is 15.9 Å². The monoisotopic (exact) mass is 426 g/mol. The largest absolute Gasteiger partial charge is 0.460 e. The highest BCUT2D eigenvalue weighted by Gasteiger charge is 2.39. The molecule has 25 heavy (non-hydrogen) atoms. The van der Waals surface area contributed by atoms with Crippen LogP contribution >= 0.6 is 15.9 Å². The summed E-state index contributed by atoms with van der Waals surface area (Å²) in [5, 5.41) is 0. The van der Waals surface area contributed by atoms with Crippen LogP contribution in [0.3, 0.4) is 0 Å². The van der Waals surface area contributed by atoms with Gasteiger partial charge in [0.1, 0.15) is 5.70 Å². The van der Waals surface area contributed by atoms with Crippen LogP contribution in [0.25, 0.3) is 0 Å². The van der Waals surface area contributed by atoms with Crippen molar-refractivity contribution in [2.24, 2.45) is 5.73 Å². The Bertz CT molecular complexity index is 1080. The molecule has 2 N–H and O–H groups in total. The van der Waals surface area contributed by atoms with Gasteiger partial charge in [-0.15, -0.1) is 0 Å². The average Bonchev–Trinajstić information content (AvgIpc) is 2.86. The molecule has 0 aliphatic carbocycles. The van der Waals surface area contributed by atoms with Crippen LogP contribution in [-0.2, 0) is 29.5 Å². The van der Waals surface area contributed by atoms with Gasteiger partial charge in [-0.3, -0.25) is 4.79 Å². The Hall–Kier alpha value is -2.32. The Kier molecular flexibility index (Phi) is 3.84. The lowest BCUT2D eigenvalue weighted by Gasteiger charge is -2.10. The lowest BCUT2D eigenvalue weighted by atomic mass is 10.1. The lowest BCUT2D eigenvalue weighted by Crippen LogP contribution is -2.16. The molecule has 0 radical (unpaired) electrons. The number of benzene rings is 2. The molecule has 0 aromatic heterocycles. The van der Waals surface area contributed by atoms with Gasteiger partial charge in [-0.1, -0.05) is 58.4 Å². The smallest absolute Gasteiger partial charge is 0.313 e. The summed E-state index contributed by atoms with van der Waals surface area (Å²) in [6.07, 6.45) is -2.35. The van der Waals surface area contributed by atoms with Gasteiger partial charge in [0, 0.05) is 10.0 Å². The van der Waals surface area contributed by atoms with E-state index >= 15 is 0 Å². The second-order valence-corrected chi connectivity index (χ2v) is 7.16. The fourth-order valence-electron chi connectivity index (χ4n) is 2.10. The third kappa shape index (κ3) is 4.02. The number of halogens is 1. The number of carbonyl (C=O) groups excluding carboxylic acids is 1. The maximum atomic E-state index is 12.7. The van der Waals surface area contributed by atoms with Gasteiger partial charge >= 0.3 is 10.1 Å². The molecule has 3 rings (SSSR count). The van der Waals surface area contributed by atoms with E-state index in [4.69, 9.17) is 18.8 Å². The van der Waals surface area contributed by atoms with Crippen LogP contribution in [-0.4, -0.2) is 14.2 Å². The molecule has 1 heterocycles. The maximum Gasteiger partial charge on any atom is 0.313 e. The highest BCUT2D eigenvalue weighted by atomic mass is 79.9. The molecule has 2 aromatic carbocycles. The summed E-state index contributed by atoms with van der Waals surface area (Å²) in [6.45, 7) is 0. The number of hydrogen-bond acceptors (Lipinski definition) is 6. The number of ketones is 1. The summed E-state index contributed by atoms with van der Waals surface area (Å²) in [4.78, 5) is 12.7. The minimum atomic E-state index is -5.00. The van der Waals surface area contributed by atoms with Crippen molar-refractivity contribution in [2.45, 2.75) is 11.8 Å². The zero-order valence-electron chi connectivity index (χ0n) is 15.6. The molecular formula is C17H14BrNO5S. The van der Waals surface area contributed by atoms with Crippen LogP contribution in [0.15, 0.2) is 70.7 Å². The van der Waals surface area contributed by atoms with Gasteiger partial charge in [-0.2, -0.15) is 8.42 Å². The first kappa shape index (κ1) is 13.9. The molecule has 6 nitrogen and oxygen atoms in total. The first-order chi connectivity index (χ1) is 13.0. The molecular weight excluding hydrogens is 410 g/mol. The molecule has 0 unspecified atom stereocenters. The molecule has 1 aliphatic heterocycles. The quantitative estimate of drug-likeness (QED) is 0.738. The Morgan fingerprint density at radius 3 is 2.64 bits per heavy atom. The van der Waals surface area contributed by atoms with Crippen molar-refractivity contribution < 1.29 is 26.2 Å². The number of rotatable bonds is 5. The van der Waals surface area contributed by atoms with Gasteiger partial charge in [0.25, 0.3) is 0 Å². The average molecular weight is 427 g/mol. The van der Waals surface area contributed by atoms with Gasteiger partial charge in [0.15, 0.2) is 6.08 Å². The molecule has 1 aliphatic rings. The fraction of sp³-hybridized carbons (Fsp3) is 0.118. The fourth-order valence-corrected chi connectivity index (χ4v) is 3.34. The van der Waals surface area contributed by atoms with Gasteiger partial charge in [-0.25, -0.2) is 0 Å². The van der Waals surface area contributed by atoms with Gasteiger partial charge < -0.3 is 14.7 Å². The summed E-state index contributed by atoms with van der Waals surface area (Å²) < 4.78 is 59.7. The Balaban J connectivity index is 1.94. The van der Waals surface area contributed by atoms with Gasteiger partial charge in [-0.05, 0) is 17.7 Å². The second-order valence-electron chi connectivity index (χ2n) is 4.97. The van der Waals surface area contributed by atoms with Crippen LogP contribution in [0.2, 0.25) is 0 Å². The normalized spacial score (nSPS) is 22.8. The van der Waals surface area contributed by atoms with E-state index < -0.39 is 39.3 Å². The van der Waals surface area contributed by atoms with E-state index in [1.807, 2.05) is 0 Å². The lowest BCUT2D eigenvalue weighted by molar-refractivity contribution is -0.123. The first-order valence-corrected chi connectivity index (χ1v) is 9.18. The Morgan fingerprint density at radius 2 is 1.96 bits per heavy atom. The molecule has 8 heteroatoms. The molecule has 0 bridgehead atoms. The van der Waals surface area contributed by atoms with E-state index in [1.165, 1.54) is 36.4 Å². The van der Waals surface area contributed by atoms with Crippen molar-refractivity contribution in [1.82, 2.24) is 0 Å². The predicted octanol–water partition coefficient (Wildman–Crippen LogP) is 2.76. The molecule has 0 spiro atoms. The summed E-state index contributed by atoms with van der Waals surface area (Å²) in [5.41, 5.74) is 2.54. The standard InChI is InChI=1S/C17H14BrNO5S/c18-13-8-4-7-12(9-13)15-14(20)16(17(19)23-15)24-25(21,22)10-11-5-2-1-3-6-11/h1-9,15H,10,19H2/t15-/m0/s1/i10D2,15D. The SMILES string of the molecule is [2H]C([2H])(c1ccccc1)S(=O)(=O)OC1=C(N)O[C@@]([2H])(c2cccc(Br)c2)C1=O. The van der Waals surface area contributed by atoms with E-state index in [1.54, 1.807) is 18.2 Å². The summed E-state index contributed by atoms with van der Waals surface area (Å²) in [5.74, 6) is -2.81. The summed E-state index contributed by atoms with van der Waals surface area (Å²) in [7, 11) is -5.00. The van der Waals surface area contributed by atoms with Crippen molar-refractivity contribution in [3.05, 3.63) is 81.8 Å². The van der Waals surface area contributed by atoms with Crippen molar-refractivity contribution in [3.63, 3.8) is 0 Å². The Labute approximate surface area is 157 Å². The highest BCUT2D eigenvalue weighted by molar-refractivity contribution is 9.10. The second kappa shape index (κ2) is 6.89. The number of carbonyl (C=O) groups is 1. The predicted molar refractivity (Wildman–Crippen MR) is 94.3 cm³/mol. The molecule has 0 amide bonds. The third-order valence-electron chi connectivity index (χ3n) is 3.14.